The van der Waals surface area contributed by atoms with Crippen LogP contribution in [0.5, 0.6) is 0 Å². The Kier molecular flexibility index (Phi) is 1.84. The average molecular weight is 206 g/mol. The normalized spacial score (nSPS) is 28.5. The summed E-state index contributed by atoms with van der Waals surface area (Å²) < 4.78 is 2.23. The molecule has 0 spiro atoms. The number of aryl methyl sites for hydroxylation is 1. The highest BCUT2D eigenvalue weighted by Gasteiger charge is 2.46. The van der Waals surface area contributed by atoms with Gasteiger partial charge in [0.15, 0.2) is 0 Å². The van der Waals surface area contributed by atoms with Crippen molar-refractivity contribution < 1.29 is 9.90 Å². The Morgan fingerprint density at radius 1 is 1.53 bits per heavy atom. The first-order chi connectivity index (χ1) is 7.27. The van der Waals surface area contributed by atoms with Crippen molar-refractivity contribution in [1.29, 1.82) is 0 Å². The molecule has 2 aliphatic rings. The number of carbonyl (C=O) groups is 1. The lowest BCUT2D eigenvalue weighted by atomic mass is 10.1. The molecule has 1 aromatic heterocycles. The summed E-state index contributed by atoms with van der Waals surface area (Å²) in [5.74, 6) is 0.549. The van der Waals surface area contributed by atoms with Crippen LogP contribution in [0.15, 0.2) is 6.20 Å². The van der Waals surface area contributed by atoms with Gasteiger partial charge in [-0.2, -0.15) is 0 Å². The van der Waals surface area contributed by atoms with E-state index in [4.69, 9.17) is 5.11 Å². The molecule has 1 aromatic rings. The van der Waals surface area contributed by atoms with E-state index in [1.807, 2.05) is 6.20 Å². The van der Waals surface area contributed by atoms with Crippen LogP contribution in [0.2, 0.25) is 0 Å². The minimum Gasteiger partial charge on any atom is -0.481 e. The maximum absolute atomic E-state index is 10.8. The lowest BCUT2D eigenvalue weighted by Crippen LogP contribution is -2.13. The lowest BCUT2D eigenvalue weighted by molar-refractivity contribution is -0.138. The molecular weight excluding hydrogens is 192 g/mol. The van der Waals surface area contributed by atoms with Crippen LogP contribution in [0.1, 0.15) is 36.7 Å². The highest BCUT2D eigenvalue weighted by Crippen LogP contribution is 2.48. The molecule has 4 nitrogen and oxygen atoms in total. The van der Waals surface area contributed by atoms with Gasteiger partial charge in [-0.25, -0.2) is 4.98 Å². The van der Waals surface area contributed by atoms with Gasteiger partial charge < -0.3 is 9.67 Å². The molecule has 0 bridgehead atoms. The summed E-state index contributed by atoms with van der Waals surface area (Å²) in [5.41, 5.74) is 1.15. The molecule has 0 amide bonds. The number of aliphatic carboxylic acids is 1. The van der Waals surface area contributed by atoms with Gasteiger partial charge in [-0.15, -0.1) is 0 Å². The number of aromatic nitrogens is 2. The Balaban J connectivity index is 1.87. The predicted molar refractivity (Wildman–Crippen MR) is 53.6 cm³/mol. The Morgan fingerprint density at radius 2 is 2.40 bits per heavy atom. The molecular formula is C11H14N2O2. The maximum Gasteiger partial charge on any atom is 0.307 e. The molecule has 3 rings (SSSR count). The van der Waals surface area contributed by atoms with Crippen molar-refractivity contribution >= 4 is 5.97 Å². The third-order valence-electron chi connectivity index (χ3n) is 3.49. The Labute approximate surface area is 87.9 Å². The zero-order chi connectivity index (χ0) is 10.4. The van der Waals surface area contributed by atoms with E-state index in [0.29, 0.717) is 0 Å². The molecule has 0 aromatic carbocycles. The highest BCUT2D eigenvalue weighted by atomic mass is 16.4. The second-order valence-electron chi connectivity index (χ2n) is 4.49. The van der Waals surface area contributed by atoms with Gasteiger partial charge in [-0.1, -0.05) is 0 Å². The number of imidazole rings is 1. The topological polar surface area (TPSA) is 55.1 Å². The Hall–Kier alpha value is -1.32. The van der Waals surface area contributed by atoms with E-state index in [2.05, 4.69) is 9.55 Å². The van der Waals surface area contributed by atoms with Crippen LogP contribution < -0.4 is 0 Å². The molecule has 1 aliphatic carbocycles. The van der Waals surface area contributed by atoms with E-state index in [-0.39, 0.29) is 11.8 Å². The van der Waals surface area contributed by atoms with Crippen LogP contribution in [0, 0.1) is 5.92 Å². The van der Waals surface area contributed by atoms with Crippen LogP contribution in [0.3, 0.4) is 0 Å². The second kappa shape index (κ2) is 3.08. The molecule has 80 valence electrons. The molecule has 4 heteroatoms. The molecule has 1 saturated carbocycles. The van der Waals surface area contributed by atoms with Gasteiger partial charge in [0, 0.05) is 30.8 Å². The summed E-state index contributed by atoms with van der Waals surface area (Å²) in [4.78, 5) is 15.2. The highest BCUT2D eigenvalue weighted by molar-refractivity contribution is 5.75. The monoisotopic (exact) mass is 206 g/mol. The minimum atomic E-state index is -0.661. The maximum atomic E-state index is 10.8. The summed E-state index contributed by atoms with van der Waals surface area (Å²) in [7, 11) is 0. The SMILES string of the molecule is O=C(O)C1CC1c1cnc2n1CCCC2. The molecule has 2 heterocycles. The van der Waals surface area contributed by atoms with Crippen molar-refractivity contribution in [3.63, 3.8) is 0 Å². The minimum absolute atomic E-state index is 0.160. The van der Waals surface area contributed by atoms with Crippen molar-refractivity contribution in [2.24, 2.45) is 5.92 Å². The summed E-state index contributed by atoms with van der Waals surface area (Å²) in [6, 6.07) is 0. The number of nitrogens with zero attached hydrogens (tertiary/aromatic N) is 2. The van der Waals surface area contributed by atoms with Crippen molar-refractivity contribution in [3.8, 4) is 0 Å². The first kappa shape index (κ1) is 8.95. The molecule has 1 N–H and O–H groups in total. The first-order valence-corrected chi connectivity index (χ1v) is 5.54. The quantitative estimate of drug-likeness (QED) is 0.795. The van der Waals surface area contributed by atoms with E-state index in [0.717, 1.165) is 30.9 Å². The van der Waals surface area contributed by atoms with E-state index in [9.17, 15) is 4.79 Å². The lowest BCUT2D eigenvalue weighted by Gasteiger charge is -2.16. The molecule has 2 unspecified atom stereocenters. The van der Waals surface area contributed by atoms with Gasteiger partial charge in [0.2, 0.25) is 0 Å². The van der Waals surface area contributed by atoms with Crippen molar-refractivity contribution in [2.75, 3.05) is 0 Å². The summed E-state index contributed by atoms with van der Waals surface area (Å²) in [5, 5.41) is 8.90. The van der Waals surface area contributed by atoms with Gasteiger partial charge in [0.05, 0.1) is 5.92 Å². The van der Waals surface area contributed by atoms with E-state index in [1.165, 1.54) is 12.8 Å². The van der Waals surface area contributed by atoms with Gasteiger partial charge >= 0.3 is 5.97 Å². The summed E-state index contributed by atoms with van der Waals surface area (Å²) in [6.45, 7) is 1.02. The van der Waals surface area contributed by atoms with Crippen molar-refractivity contribution in [1.82, 2.24) is 9.55 Å². The summed E-state index contributed by atoms with van der Waals surface area (Å²) in [6.07, 6.45) is 6.13. The number of hydrogen-bond donors (Lipinski definition) is 1. The molecule has 1 aliphatic heterocycles. The zero-order valence-corrected chi connectivity index (χ0v) is 8.52. The van der Waals surface area contributed by atoms with Gasteiger partial charge in [0.1, 0.15) is 5.82 Å². The number of rotatable bonds is 2. The third kappa shape index (κ3) is 1.35. The Morgan fingerprint density at radius 3 is 3.13 bits per heavy atom. The fraction of sp³-hybridized carbons (Fsp3) is 0.636. The van der Waals surface area contributed by atoms with Crippen LogP contribution in [-0.4, -0.2) is 20.6 Å². The van der Waals surface area contributed by atoms with Crippen molar-refractivity contribution in [3.05, 3.63) is 17.7 Å². The number of fused-ring (bicyclic) bond motifs is 1. The molecule has 0 saturated heterocycles. The fourth-order valence-corrected chi connectivity index (χ4v) is 2.53. The van der Waals surface area contributed by atoms with Crippen LogP contribution in [0.4, 0.5) is 0 Å². The predicted octanol–water partition coefficient (Wildman–Crippen LogP) is 1.41. The molecule has 1 fully saturated rings. The smallest absolute Gasteiger partial charge is 0.307 e. The number of carboxylic acids is 1. The average Bonchev–Trinajstić information content (AvgIpc) is 2.92. The summed E-state index contributed by atoms with van der Waals surface area (Å²) >= 11 is 0. The zero-order valence-electron chi connectivity index (χ0n) is 8.52. The van der Waals surface area contributed by atoms with Crippen molar-refractivity contribution in [2.45, 2.75) is 38.1 Å². The number of hydrogen-bond acceptors (Lipinski definition) is 2. The molecule has 15 heavy (non-hydrogen) atoms. The van der Waals surface area contributed by atoms with Crippen LogP contribution in [-0.2, 0) is 17.8 Å². The van der Waals surface area contributed by atoms with Gasteiger partial charge in [0.25, 0.3) is 0 Å². The van der Waals surface area contributed by atoms with E-state index < -0.39 is 5.97 Å². The van der Waals surface area contributed by atoms with Gasteiger partial charge in [-0.3, -0.25) is 4.79 Å². The molecule has 0 radical (unpaired) electrons. The standard InChI is InChI=1S/C11H14N2O2/c14-11(15)8-5-7(8)9-6-12-10-3-1-2-4-13(9)10/h6-8H,1-5H2,(H,14,15). The first-order valence-electron chi connectivity index (χ1n) is 5.54. The number of carboxylic acid groups (broad SMARTS) is 1. The van der Waals surface area contributed by atoms with Crippen LogP contribution >= 0.6 is 0 Å². The van der Waals surface area contributed by atoms with E-state index >= 15 is 0 Å². The molecule has 2 atom stereocenters. The second-order valence-corrected chi connectivity index (χ2v) is 4.49. The fourth-order valence-electron chi connectivity index (χ4n) is 2.53. The van der Waals surface area contributed by atoms with Gasteiger partial charge in [-0.05, 0) is 19.3 Å². The Bertz CT molecular complexity index is 411. The van der Waals surface area contributed by atoms with E-state index in [1.54, 1.807) is 0 Å². The van der Waals surface area contributed by atoms with Crippen LogP contribution in [0.25, 0.3) is 0 Å². The largest absolute Gasteiger partial charge is 0.481 e. The third-order valence-corrected chi connectivity index (χ3v) is 3.49.